The van der Waals surface area contributed by atoms with Gasteiger partial charge in [-0.3, -0.25) is 9.69 Å². The highest BCUT2D eigenvalue weighted by molar-refractivity contribution is 6.31. The summed E-state index contributed by atoms with van der Waals surface area (Å²) in [6.07, 6.45) is 0. The number of carboxylic acids is 1. The average molecular weight is 285 g/mol. The Kier molecular flexibility index (Phi) is 6.28. The SMILES string of the molecule is Cc1ccc(CN(CCN(C)C)CC(=O)O)c(Cl)c1. The molecule has 0 fully saturated rings. The second-order valence-electron chi connectivity index (χ2n) is 5.00. The molecule has 1 aromatic carbocycles. The fraction of sp³-hybridized carbons (Fsp3) is 0.500. The Labute approximate surface area is 119 Å². The van der Waals surface area contributed by atoms with Gasteiger partial charge in [0.25, 0.3) is 0 Å². The molecule has 0 aliphatic carbocycles. The van der Waals surface area contributed by atoms with Gasteiger partial charge in [0.2, 0.25) is 0 Å². The minimum Gasteiger partial charge on any atom is -0.480 e. The van der Waals surface area contributed by atoms with Gasteiger partial charge >= 0.3 is 5.97 Å². The van der Waals surface area contributed by atoms with Crippen LogP contribution in [0, 0.1) is 6.92 Å². The van der Waals surface area contributed by atoms with Crippen molar-refractivity contribution in [1.29, 1.82) is 0 Å². The van der Waals surface area contributed by atoms with E-state index in [2.05, 4.69) is 0 Å². The van der Waals surface area contributed by atoms with E-state index in [-0.39, 0.29) is 6.54 Å². The Balaban J connectivity index is 2.72. The summed E-state index contributed by atoms with van der Waals surface area (Å²) in [7, 11) is 3.94. The average Bonchev–Trinajstić information content (AvgIpc) is 2.28. The lowest BCUT2D eigenvalue weighted by atomic mass is 10.1. The van der Waals surface area contributed by atoms with E-state index in [0.29, 0.717) is 18.1 Å². The summed E-state index contributed by atoms with van der Waals surface area (Å²) < 4.78 is 0. The van der Waals surface area contributed by atoms with Gasteiger partial charge in [-0.15, -0.1) is 0 Å². The number of hydrogen-bond acceptors (Lipinski definition) is 3. The van der Waals surface area contributed by atoms with Crippen molar-refractivity contribution < 1.29 is 9.90 Å². The van der Waals surface area contributed by atoms with Crippen LogP contribution < -0.4 is 0 Å². The summed E-state index contributed by atoms with van der Waals surface area (Å²) in [5.74, 6) is -0.818. The van der Waals surface area contributed by atoms with Gasteiger partial charge in [0, 0.05) is 24.7 Å². The molecule has 0 unspecified atom stereocenters. The third kappa shape index (κ3) is 6.05. The van der Waals surface area contributed by atoms with Gasteiger partial charge in [-0.25, -0.2) is 0 Å². The van der Waals surface area contributed by atoms with E-state index in [1.54, 1.807) is 0 Å². The summed E-state index contributed by atoms with van der Waals surface area (Å²) in [4.78, 5) is 14.8. The van der Waals surface area contributed by atoms with Crippen molar-refractivity contribution in [3.63, 3.8) is 0 Å². The summed E-state index contributed by atoms with van der Waals surface area (Å²) in [6.45, 7) is 4.08. The first-order valence-corrected chi connectivity index (χ1v) is 6.60. The summed E-state index contributed by atoms with van der Waals surface area (Å²) in [6, 6.07) is 5.86. The lowest BCUT2D eigenvalue weighted by molar-refractivity contribution is -0.138. The van der Waals surface area contributed by atoms with Crippen LogP contribution in [-0.4, -0.2) is 54.6 Å². The normalized spacial score (nSPS) is 11.3. The molecule has 4 nitrogen and oxygen atoms in total. The molecule has 0 aromatic heterocycles. The zero-order chi connectivity index (χ0) is 14.4. The molecule has 0 amide bonds. The molecule has 0 heterocycles. The molecular weight excluding hydrogens is 264 g/mol. The van der Waals surface area contributed by atoms with Crippen LogP contribution in [-0.2, 0) is 11.3 Å². The molecule has 5 heteroatoms. The van der Waals surface area contributed by atoms with Gasteiger partial charge in [0.15, 0.2) is 0 Å². The highest BCUT2D eigenvalue weighted by Gasteiger charge is 2.12. The monoisotopic (exact) mass is 284 g/mol. The van der Waals surface area contributed by atoms with E-state index in [1.165, 1.54) is 0 Å². The number of hydrogen-bond donors (Lipinski definition) is 1. The maximum atomic E-state index is 10.9. The maximum absolute atomic E-state index is 10.9. The number of likely N-dealkylation sites (N-methyl/N-ethyl adjacent to an activating group) is 1. The molecule has 0 saturated carbocycles. The van der Waals surface area contributed by atoms with Crippen LogP contribution in [0.25, 0.3) is 0 Å². The van der Waals surface area contributed by atoms with Gasteiger partial charge in [0.1, 0.15) is 0 Å². The molecule has 0 aliphatic rings. The van der Waals surface area contributed by atoms with Gasteiger partial charge in [-0.2, -0.15) is 0 Å². The molecule has 0 spiro atoms. The molecule has 0 radical (unpaired) electrons. The van der Waals surface area contributed by atoms with E-state index in [9.17, 15) is 4.79 Å². The Hall–Kier alpha value is -1.10. The Morgan fingerprint density at radius 3 is 2.53 bits per heavy atom. The molecule has 106 valence electrons. The molecule has 0 atom stereocenters. The minimum absolute atomic E-state index is 0.0258. The van der Waals surface area contributed by atoms with Crippen LogP contribution in [0.15, 0.2) is 18.2 Å². The molecule has 1 rings (SSSR count). The van der Waals surface area contributed by atoms with Crippen molar-refractivity contribution in [2.75, 3.05) is 33.7 Å². The van der Waals surface area contributed by atoms with Gasteiger partial charge in [0.05, 0.1) is 6.54 Å². The van der Waals surface area contributed by atoms with Gasteiger partial charge in [-0.05, 0) is 38.2 Å². The summed E-state index contributed by atoms with van der Waals surface area (Å²) in [5, 5.41) is 9.65. The van der Waals surface area contributed by atoms with E-state index in [1.807, 2.05) is 49.0 Å². The number of nitrogens with zero attached hydrogens (tertiary/aromatic N) is 2. The Bertz CT molecular complexity index is 435. The maximum Gasteiger partial charge on any atom is 0.317 e. The fourth-order valence-corrected chi connectivity index (χ4v) is 2.06. The number of benzene rings is 1. The first kappa shape index (κ1) is 16.0. The van der Waals surface area contributed by atoms with Crippen molar-refractivity contribution >= 4 is 17.6 Å². The number of carboxylic acid groups (broad SMARTS) is 1. The van der Waals surface area contributed by atoms with Crippen LogP contribution in [0.2, 0.25) is 5.02 Å². The number of aliphatic carboxylic acids is 1. The van der Waals surface area contributed by atoms with Crippen molar-refractivity contribution in [3.05, 3.63) is 34.3 Å². The fourth-order valence-electron chi connectivity index (χ4n) is 1.77. The summed E-state index contributed by atoms with van der Waals surface area (Å²) in [5.41, 5.74) is 2.07. The first-order valence-electron chi connectivity index (χ1n) is 6.22. The van der Waals surface area contributed by atoms with Crippen LogP contribution in [0.3, 0.4) is 0 Å². The standard InChI is InChI=1S/C14H21ClN2O2/c1-11-4-5-12(13(15)8-11)9-17(10-14(18)19)7-6-16(2)3/h4-5,8H,6-7,9-10H2,1-3H3,(H,18,19). The van der Waals surface area contributed by atoms with Crippen LogP contribution in [0.1, 0.15) is 11.1 Å². The molecule has 0 aliphatic heterocycles. The Morgan fingerprint density at radius 1 is 1.32 bits per heavy atom. The second-order valence-corrected chi connectivity index (χ2v) is 5.41. The third-order valence-corrected chi connectivity index (χ3v) is 3.18. The van der Waals surface area contributed by atoms with Crippen molar-refractivity contribution in [3.8, 4) is 0 Å². The van der Waals surface area contributed by atoms with Gasteiger partial charge < -0.3 is 10.0 Å². The predicted octanol–water partition coefficient (Wildman–Crippen LogP) is 2.10. The number of halogens is 1. The van der Waals surface area contributed by atoms with E-state index >= 15 is 0 Å². The van der Waals surface area contributed by atoms with E-state index in [0.717, 1.165) is 17.7 Å². The van der Waals surface area contributed by atoms with Crippen LogP contribution >= 0.6 is 11.6 Å². The lowest BCUT2D eigenvalue weighted by Crippen LogP contribution is -2.35. The molecule has 19 heavy (non-hydrogen) atoms. The second kappa shape index (κ2) is 7.48. The lowest BCUT2D eigenvalue weighted by Gasteiger charge is -2.23. The largest absolute Gasteiger partial charge is 0.480 e. The highest BCUT2D eigenvalue weighted by Crippen LogP contribution is 2.19. The van der Waals surface area contributed by atoms with Crippen molar-refractivity contribution in [2.24, 2.45) is 0 Å². The molecule has 0 saturated heterocycles. The van der Waals surface area contributed by atoms with Crippen LogP contribution in [0.5, 0.6) is 0 Å². The van der Waals surface area contributed by atoms with E-state index < -0.39 is 5.97 Å². The number of aryl methyl sites for hydroxylation is 1. The van der Waals surface area contributed by atoms with Crippen molar-refractivity contribution in [1.82, 2.24) is 9.80 Å². The number of carbonyl (C=O) groups is 1. The smallest absolute Gasteiger partial charge is 0.317 e. The highest BCUT2D eigenvalue weighted by atomic mass is 35.5. The molecular formula is C14H21ClN2O2. The Morgan fingerprint density at radius 2 is 2.00 bits per heavy atom. The zero-order valence-corrected chi connectivity index (χ0v) is 12.4. The molecule has 1 aromatic rings. The predicted molar refractivity (Wildman–Crippen MR) is 77.7 cm³/mol. The van der Waals surface area contributed by atoms with Gasteiger partial charge in [-0.1, -0.05) is 23.7 Å². The molecule has 1 N–H and O–H groups in total. The van der Waals surface area contributed by atoms with Crippen molar-refractivity contribution in [2.45, 2.75) is 13.5 Å². The minimum atomic E-state index is -0.818. The molecule has 0 bridgehead atoms. The van der Waals surface area contributed by atoms with E-state index in [4.69, 9.17) is 16.7 Å². The zero-order valence-electron chi connectivity index (χ0n) is 11.7. The first-order chi connectivity index (χ1) is 8.88. The quantitative estimate of drug-likeness (QED) is 0.833. The topological polar surface area (TPSA) is 43.8 Å². The summed E-state index contributed by atoms with van der Waals surface area (Å²) >= 11 is 6.19. The van der Waals surface area contributed by atoms with Crippen LogP contribution in [0.4, 0.5) is 0 Å². The number of rotatable bonds is 7. The third-order valence-electron chi connectivity index (χ3n) is 2.82.